The van der Waals surface area contributed by atoms with Crippen molar-refractivity contribution in [2.45, 2.75) is 19.8 Å². The van der Waals surface area contributed by atoms with E-state index in [4.69, 9.17) is 4.74 Å². The second-order valence-corrected chi connectivity index (χ2v) is 3.84. The Morgan fingerprint density at radius 3 is 2.41 bits per heavy atom. The van der Waals surface area contributed by atoms with E-state index < -0.39 is 0 Å². The predicted octanol–water partition coefficient (Wildman–Crippen LogP) is 2.64. The molecule has 0 saturated heterocycles. The molecule has 0 amide bonds. The fourth-order valence-corrected chi connectivity index (χ4v) is 1.70. The molecule has 0 radical (unpaired) electrons. The number of benzene rings is 1. The fraction of sp³-hybridized carbons (Fsp3) is 0.286. The lowest BCUT2D eigenvalue weighted by Crippen LogP contribution is -1.98. The normalized spacial score (nSPS) is 10.2. The molecule has 0 aliphatic carbocycles. The van der Waals surface area contributed by atoms with Crippen LogP contribution >= 0.6 is 0 Å². The number of methoxy groups -OCH3 is 1. The van der Waals surface area contributed by atoms with Gasteiger partial charge in [0.2, 0.25) is 0 Å². The topological polar surface area (TPSA) is 35.0 Å². The predicted molar refractivity (Wildman–Crippen MR) is 67.2 cm³/mol. The molecular formula is C14H16N2O. The second kappa shape index (κ2) is 5.43. The molecular weight excluding hydrogens is 212 g/mol. The molecule has 0 atom stereocenters. The number of rotatable bonds is 4. The number of aromatic nitrogens is 2. The van der Waals surface area contributed by atoms with Crippen LogP contribution in [0.25, 0.3) is 0 Å². The van der Waals surface area contributed by atoms with Crippen molar-refractivity contribution in [3.05, 3.63) is 53.6 Å². The molecule has 3 nitrogen and oxygen atoms in total. The molecule has 0 bridgehead atoms. The summed E-state index contributed by atoms with van der Waals surface area (Å²) >= 11 is 0. The van der Waals surface area contributed by atoms with E-state index in [1.165, 1.54) is 0 Å². The maximum absolute atomic E-state index is 5.31. The van der Waals surface area contributed by atoms with Crippen LogP contribution in [-0.2, 0) is 12.8 Å². The SMILES string of the molecule is CCc1cnc(Cc2ccccc2OC)cn1. The van der Waals surface area contributed by atoms with Gasteiger partial charge in [0, 0.05) is 24.4 Å². The summed E-state index contributed by atoms with van der Waals surface area (Å²) in [6, 6.07) is 7.98. The minimum Gasteiger partial charge on any atom is -0.496 e. The second-order valence-electron chi connectivity index (χ2n) is 3.84. The molecule has 2 aromatic rings. The molecule has 0 aliphatic rings. The number of ether oxygens (including phenoxy) is 1. The third-order valence-electron chi connectivity index (χ3n) is 2.69. The Kier molecular flexibility index (Phi) is 3.70. The summed E-state index contributed by atoms with van der Waals surface area (Å²) in [4.78, 5) is 8.75. The van der Waals surface area contributed by atoms with Gasteiger partial charge in [-0.2, -0.15) is 0 Å². The van der Waals surface area contributed by atoms with E-state index in [0.29, 0.717) is 0 Å². The van der Waals surface area contributed by atoms with Gasteiger partial charge in [-0.15, -0.1) is 0 Å². The first-order chi connectivity index (χ1) is 8.33. The van der Waals surface area contributed by atoms with Crippen molar-refractivity contribution in [1.29, 1.82) is 0 Å². The molecule has 0 spiro atoms. The van der Waals surface area contributed by atoms with Crippen LogP contribution in [0.1, 0.15) is 23.9 Å². The summed E-state index contributed by atoms with van der Waals surface area (Å²) in [5.41, 5.74) is 3.12. The molecule has 88 valence electrons. The van der Waals surface area contributed by atoms with Crippen molar-refractivity contribution in [3.8, 4) is 5.75 Å². The smallest absolute Gasteiger partial charge is 0.122 e. The summed E-state index contributed by atoms with van der Waals surface area (Å²) in [6.07, 6.45) is 5.35. The number of para-hydroxylation sites is 1. The minimum atomic E-state index is 0.751. The maximum Gasteiger partial charge on any atom is 0.122 e. The molecule has 0 fully saturated rings. The summed E-state index contributed by atoms with van der Waals surface area (Å²) in [7, 11) is 1.69. The quantitative estimate of drug-likeness (QED) is 0.807. The first-order valence-electron chi connectivity index (χ1n) is 5.75. The van der Waals surface area contributed by atoms with Crippen LogP contribution in [0, 0.1) is 0 Å². The number of aryl methyl sites for hydroxylation is 1. The van der Waals surface area contributed by atoms with Gasteiger partial charge >= 0.3 is 0 Å². The van der Waals surface area contributed by atoms with Gasteiger partial charge in [0.05, 0.1) is 18.5 Å². The van der Waals surface area contributed by atoms with E-state index in [9.17, 15) is 0 Å². The lowest BCUT2D eigenvalue weighted by atomic mass is 10.1. The van der Waals surface area contributed by atoms with E-state index >= 15 is 0 Å². The average Bonchev–Trinajstić information content (AvgIpc) is 2.40. The van der Waals surface area contributed by atoms with E-state index in [-0.39, 0.29) is 0 Å². The third kappa shape index (κ3) is 2.81. The van der Waals surface area contributed by atoms with Crippen molar-refractivity contribution in [3.63, 3.8) is 0 Å². The highest BCUT2D eigenvalue weighted by atomic mass is 16.5. The van der Waals surface area contributed by atoms with Crippen LogP contribution in [0.3, 0.4) is 0 Å². The van der Waals surface area contributed by atoms with Crippen molar-refractivity contribution >= 4 is 0 Å². The number of nitrogens with zero attached hydrogens (tertiary/aromatic N) is 2. The highest BCUT2D eigenvalue weighted by Gasteiger charge is 2.04. The van der Waals surface area contributed by atoms with Crippen molar-refractivity contribution in [2.24, 2.45) is 0 Å². The lowest BCUT2D eigenvalue weighted by molar-refractivity contribution is 0.410. The van der Waals surface area contributed by atoms with Crippen molar-refractivity contribution in [2.75, 3.05) is 7.11 Å². The molecule has 2 rings (SSSR count). The summed E-state index contributed by atoms with van der Waals surface area (Å²) in [5, 5.41) is 0. The molecule has 0 aliphatic heterocycles. The third-order valence-corrected chi connectivity index (χ3v) is 2.69. The Morgan fingerprint density at radius 2 is 1.76 bits per heavy atom. The molecule has 3 heteroatoms. The first-order valence-corrected chi connectivity index (χ1v) is 5.75. The molecule has 1 aromatic carbocycles. The standard InChI is InChI=1S/C14H16N2O/c1-3-12-9-16-13(10-15-12)8-11-6-4-5-7-14(11)17-2/h4-7,9-10H,3,8H2,1-2H3. The highest BCUT2D eigenvalue weighted by molar-refractivity contribution is 5.35. The van der Waals surface area contributed by atoms with Gasteiger partial charge in [0.1, 0.15) is 5.75 Å². The first kappa shape index (κ1) is 11.6. The van der Waals surface area contributed by atoms with Crippen molar-refractivity contribution < 1.29 is 4.74 Å². The van der Waals surface area contributed by atoms with Gasteiger partial charge in [0.25, 0.3) is 0 Å². The zero-order chi connectivity index (χ0) is 12.1. The van der Waals surface area contributed by atoms with E-state index in [0.717, 1.165) is 35.5 Å². The zero-order valence-corrected chi connectivity index (χ0v) is 10.2. The van der Waals surface area contributed by atoms with Gasteiger partial charge in [-0.3, -0.25) is 9.97 Å². The molecule has 1 aromatic heterocycles. The summed E-state index contributed by atoms with van der Waals surface area (Å²) in [5.74, 6) is 0.897. The summed E-state index contributed by atoms with van der Waals surface area (Å²) < 4.78 is 5.31. The molecule has 1 heterocycles. The Labute approximate surface area is 102 Å². The Bertz CT molecular complexity index is 480. The fourth-order valence-electron chi connectivity index (χ4n) is 1.70. The zero-order valence-electron chi connectivity index (χ0n) is 10.2. The van der Waals surface area contributed by atoms with Crippen LogP contribution in [0.5, 0.6) is 5.75 Å². The Morgan fingerprint density at radius 1 is 1.06 bits per heavy atom. The Balaban J connectivity index is 2.19. The molecule has 17 heavy (non-hydrogen) atoms. The van der Waals surface area contributed by atoms with Crippen LogP contribution in [0.4, 0.5) is 0 Å². The van der Waals surface area contributed by atoms with Crippen LogP contribution in [0.2, 0.25) is 0 Å². The Hall–Kier alpha value is -1.90. The van der Waals surface area contributed by atoms with Crippen LogP contribution in [0.15, 0.2) is 36.7 Å². The number of hydrogen-bond donors (Lipinski definition) is 0. The maximum atomic E-state index is 5.31. The monoisotopic (exact) mass is 228 g/mol. The average molecular weight is 228 g/mol. The van der Waals surface area contributed by atoms with Crippen molar-refractivity contribution in [1.82, 2.24) is 9.97 Å². The van der Waals surface area contributed by atoms with Gasteiger partial charge in [0.15, 0.2) is 0 Å². The lowest BCUT2D eigenvalue weighted by Gasteiger charge is -2.07. The van der Waals surface area contributed by atoms with Gasteiger partial charge in [-0.1, -0.05) is 25.1 Å². The van der Waals surface area contributed by atoms with E-state index in [1.54, 1.807) is 7.11 Å². The molecule has 0 unspecified atom stereocenters. The van der Waals surface area contributed by atoms with Gasteiger partial charge < -0.3 is 4.74 Å². The number of hydrogen-bond acceptors (Lipinski definition) is 3. The minimum absolute atomic E-state index is 0.751. The van der Waals surface area contributed by atoms with E-state index in [2.05, 4.69) is 16.9 Å². The van der Waals surface area contributed by atoms with E-state index in [1.807, 2.05) is 36.7 Å². The van der Waals surface area contributed by atoms with Gasteiger partial charge in [-0.25, -0.2) is 0 Å². The van der Waals surface area contributed by atoms with Crippen LogP contribution < -0.4 is 4.74 Å². The molecule has 0 N–H and O–H groups in total. The molecule has 0 saturated carbocycles. The largest absolute Gasteiger partial charge is 0.496 e. The van der Waals surface area contributed by atoms with Crippen LogP contribution in [-0.4, -0.2) is 17.1 Å². The summed E-state index contributed by atoms with van der Waals surface area (Å²) in [6.45, 7) is 2.07. The highest BCUT2D eigenvalue weighted by Crippen LogP contribution is 2.19. The van der Waals surface area contributed by atoms with Gasteiger partial charge in [-0.05, 0) is 12.5 Å².